The van der Waals surface area contributed by atoms with Gasteiger partial charge in [0.2, 0.25) is 0 Å². The number of nitrogens with one attached hydrogen (secondary N) is 1. The largest absolute Gasteiger partial charge is 0.327 e. The van der Waals surface area contributed by atoms with Crippen molar-refractivity contribution in [1.29, 1.82) is 5.26 Å². The maximum absolute atomic E-state index is 11.4. The van der Waals surface area contributed by atoms with Crippen LogP contribution in [0.2, 0.25) is 0 Å². The fourth-order valence-electron chi connectivity index (χ4n) is 1.59. The highest BCUT2D eigenvalue weighted by Gasteiger charge is 2.09. The Kier molecular flexibility index (Phi) is 2.52. The number of H-pyrrole nitrogens is 1. The predicted octanol–water partition coefficient (Wildman–Crippen LogP) is 1.62. The Labute approximate surface area is 92.2 Å². The van der Waals surface area contributed by atoms with Crippen molar-refractivity contribution in [2.45, 2.75) is 6.92 Å². The number of hydrogen-bond donors (Lipinski definition) is 1. The minimum atomic E-state index is -0.349. The summed E-state index contributed by atoms with van der Waals surface area (Å²) in [7, 11) is 0. The molecular weight excluding hydrogens is 202 g/mol. The number of aromatic amines is 1. The zero-order chi connectivity index (χ0) is 11.5. The smallest absolute Gasteiger partial charge is 0.266 e. The summed E-state index contributed by atoms with van der Waals surface area (Å²) < 4.78 is 0. The fraction of sp³-hybridized carbons (Fsp3) is 0.0833. The molecule has 0 amide bonds. The van der Waals surface area contributed by atoms with E-state index in [-0.39, 0.29) is 11.1 Å². The van der Waals surface area contributed by atoms with Gasteiger partial charge < -0.3 is 4.98 Å². The first-order valence-corrected chi connectivity index (χ1v) is 4.77. The molecule has 0 aliphatic heterocycles. The van der Waals surface area contributed by atoms with Gasteiger partial charge in [-0.1, -0.05) is 0 Å². The molecule has 0 spiro atoms. The van der Waals surface area contributed by atoms with Gasteiger partial charge in [0.15, 0.2) is 0 Å². The van der Waals surface area contributed by atoms with Crippen molar-refractivity contribution in [1.82, 2.24) is 9.97 Å². The number of aromatic nitrogens is 2. The number of nitrogens with zero attached hydrogens (tertiary/aromatic N) is 2. The molecule has 0 aliphatic carbocycles. The van der Waals surface area contributed by atoms with Gasteiger partial charge in [-0.05, 0) is 30.2 Å². The maximum atomic E-state index is 11.4. The Morgan fingerprint density at radius 1 is 1.38 bits per heavy atom. The molecule has 2 heterocycles. The molecule has 2 aromatic heterocycles. The summed E-state index contributed by atoms with van der Waals surface area (Å²) in [6.45, 7) is 1.77. The van der Waals surface area contributed by atoms with Crippen molar-refractivity contribution < 1.29 is 0 Å². The summed E-state index contributed by atoms with van der Waals surface area (Å²) in [4.78, 5) is 17.8. The second-order valence-electron chi connectivity index (χ2n) is 3.38. The minimum absolute atomic E-state index is 0.161. The highest BCUT2D eigenvalue weighted by Crippen LogP contribution is 2.21. The molecular formula is C12H9N3O. The highest BCUT2D eigenvalue weighted by molar-refractivity contribution is 5.67. The van der Waals surface area contributed by atoms with Crippen molar-refractivity contribution >= 4 is 0 Å². The predicted molar refractivity (Wildman–Crippen MR) is 59.7 cm³/mol. The van der Waals surface area contributed by atoms with E-state index in [1.54, 1.807) is 25.5 Å². The molecule has 16 heavy (non-hydrogen) atoms. The topological polar surface area (TPSA) is 69.5 Å². The molecule has 1 N–H and O–H groups in total. The van der Waals surface area contributed by atoms with Crippen LogP contribution in [-0.2, 0) is 0 Å². The summed E-state index contributed by atoms with van der Waals surface area (Å²) in [5, 5.41) is 8.89. The highest BCUT2D eigenvalue weighted by atomic mass is 16.1. The number of nitriles is 1. The zero-order valence-electron chi connectivity index (χ0n) is 8.69. The second kappa shape index (κ2) is 3.99. The van der Waals surface area contributed by atoms with E-state index in [0.717, 1.165) is 11.1 Å². The van der Waals surface area contributed by atoms with E-state index in [4.69, 9.17) is 5.26 Å². The molecule has 0 unspecified atom stereocenters. The van der Waals surface area contributed by atoms with E-state index in [1.165, 1.54) is 0 Å². The first kappa shape index (κ1) is 10.1. The lowest BCUT2D eigenvalue weighted by Crippen LogP contribution is -2.12. The lowest BCUT2D eigenvalue weighted by Gasteiger charge is -2.05. The van der Waals surface area contributed by atoms with Crippen LogP contribution in [0.25, 0.3) is 11.1 Å². The third kappa shape index (κ3) is 1.59. The Bertz CT molecular complexity index is 608. The van der Waals surface area contributed by atoms with E-state index in [0.29, 0.717) is 5.56 Å². The van der Waals surface area contributed by atoms with Crippen LogP contribution in [0.15, 0.2) is 35.5 Å². The standard InChI is InChI=1S/C12H9N3O/c1-8-10(6-13)12(16)15-7-11(8)9-2-4-14-5-3-9/h2-5,7H,1H3,(H,15,16). The van der Waals surface area contributed by atoms with Gasteiger partial charge >= 0.3 is 0 Å². The van der Waals surface area contributed by atoms with E-state index in [1.807, 2.05) is 18.2 Å². The van der Waals surface area contributed by atoms with Gasteiger partial charge in [-0.25, -0.2) is 0 Å². The monoisotopic (exact) mass is 211 g/mol. The first-order valence-electron chi connectivity index (χ1n) is 4.77. The van der Waals surface area contributed by atoms with Gasteiger partial charge in [0, 0.05) is 24.2 Å². The Morgan fingerprint density at radius 2 is 2.06 bits per heavy atom. The maximum Gasteiger partial charge on any atom is 0.266 e. The van der Waals surface area contributed by atoms with Gasteiger partial charge in [-0.15, -0.1) is 0 Å². The summed E-state index contributed by atoms with van der Waals surface area (Å²) in [5.41, 5.74) is 2.28. The van der Waals surface area contributed by atoms with Gasteiger partial charge in [0.05, 0.1) is 0 Å². The number of rotatable bonds is 1. The van der Waals surface area contributed by atoms with Gasteiger partial charge in [0.1, 0.15) is 11.6 Å². The summed E-state index contributed by atoms with van der Waals surface area (Å²) in [5.74, 6) is 0. The van der Waals surface area contributed by atoms with Crippen LogP contribution in [0.5, 0.6) is 0 Å². The molecule has 4 heteroatoms. The summed E-state index contributed by atoms with van der Waals surface area (Å²) in [6.07, 6.45) is 4.96. The Hall–Kier alpha value is -2.41. The molecule has 0 aromatic carbocycles. The van der Waals surface area contributed by atoms with Crippen molar-refractivity contribution in [3.63, 3.8) is 0 Å². The van der Waals surface area contributed by atoms with Gasteiger partial charge in [-0.3, -0.25) is 9.78 Å². The van der Waals surface area contributed by atoms with Crippen LogP contribution in [-0.4, -0.2) is 9.97 Å². The normalized spacial score (nSPS) is 9.75. The average Bonchev–Trinajstić information content (AvgIpc) is 2.31. The molecule has 0 radical (unpaired) electrons. The van der Waals surface area contributed by atoms with E-state index in [2.05, 4.69) is 9.97 Å². The van der Waals surface area contributed by atoms with Crippen LogP contribution in [0.3, 0.4) is 0 Å². The average molecular weight is 211 g/mol. The lowest BCUT2D eigenvalue weighted by atomic mass is 10.0. The molecule has 2 rings (SSSR count). The fourth-order valence-corrected chi connectivity index (χ4v) is 1.59. The Balaban J connectivity index is 2.70. The second-order valence-corrected chi connectivity index (χ2v) is 3.38. The quantitative estimate of drug-likeness (QED) is 0.779. The van der Waals surface area contributed by atoms with E-state index in [9.17, 15) is 4.79 Å². The van der Waals surface area contributed by atoms with Gasteiger partial charge in [-0.2, -0.15) is 5.26 Å². The van der Waals surface area contributed by atoms with Crippen LogP contribution in [0, 0.1) is 18.3 Å². The van der Waals surface area contributed by atoms with Crippen LogP contribution >= 0.6 is 0 Å². The lowest BCUT2D eigenvalue weighted by molar-refractivity contribution is 1.18. The molecule has 4 nitrogen and oxygen atoms in total. The SMILES string of the molecule is Cc1c(-c2ccncc2)c[nH]c(=O)c1C#N. The number of hydrogen-bond acceptors (Lipinski definition) is 3. The molecule has 0 atom stereocenters. The van der Waals surface area contributed by atoms with Gasteiger partial charge in [0.25, 0.3) is 5.56 Å². The summed E-state index contributed by atoms with van der Waals surface area (Å²) >= 11 is 0. The molecule has 0 bridgehead atoms. The van der Waals surface area contributed by atoms with Crippen LogP contribution in [0.1, 0.15) is 11.1 Å². The molecule has 0 saturated carbocycles. The van der Waals surface area contributed by atoms with Crippen LogP contribution < -0.4 is 5.56 Å². The molecule has 2 aromatic rings. The molecule has 0 saturated heterocycles. The summed E-state index contributed by atoms with van der Waals surface area (Å²) in [6, 6.07) is 5.58. The Morgan fingerprint density at radius 3 is 2.69 bits per heavy atom. The number of pyridine rings is 2. The van der Waals surface area contributed by atoms with Crippen LogP contribution in [0.4, 0.5) is 0 Å². The minimum Gasteiger partial charge on any atom is -0.327 e. The molecule has 0 aliphatic rings. The third-order valence-electron chi connectivity index (χ3n) is 2.46. The third-order valence-corrected chi connectivity index (χ3v) is 2.46. The van der Waals surface area contributed by atoms with E-state index >= 15 is 0 Å². The zero-order valence-corrected chi connectivity index (χ0v) is 8.69. The van der Waals surface area contributed by atoms with Crippen molar-refractivity contribution in [3.8, 4) is 17.2 Å². The molecule has 0 fully saturated rings. The van der Waals surface area contributed by atoms with E-state index < -0.39 is 0 Å². The molecule has 78 valence electrons. The van der Waals surface area contributed by atoms with Crippen molar-refractivity contribution in [2.24, 2.45) is 0 Å². The van der Waals surface area contributed by atoms with Crippen molar-refractivity contribution in [3.05, 3.63) is 52.2 Å². The first-order chi connectivity index (χ1) is 7.74. The van der Waals surface area contributed by atoms with Crippen molar-refractivity contribution in [2.75, 3.05) is 0 Å².